The molecule has 0 aliphatic heterocycles. The Hall–Kier alpha value is -1.10. The first-order chi connectivity index (χ1) is 7.49. The van der Waals surface area contributed by atoms with E-state index in [1.54, 1.807) is 7.11 Å². The van der Waals surface area contributed by atoms with Crippen LogP contribution in [0.1, 0.15) is 46.0 Å². The molecular weight excluding hydrogens is 206 g/mol. The predicted molar refractivity (Wildman–Crippen MR) is 62.3 cm³/mol. The van der Waals surface area contributed by atoms with Gasteiger partial charge in [0.15, 0.2) is 0 Å². The van der Waals surface area contributed by atoms with Gasteiger partial charge < -0.3 is 14.6 Å². The third-order valence-corrected chi connectivity index (χ3v) is 2.22. The summed E-state index contributed by atoms with van der Waals surface area (Å²) in [6.07, 6.45) is 0.860. The molecule has 0 bridgehead atoms. The molecule has 0 radical (unpaired) electrons. The third kappa shape index (κ3) is 3.20. The van der Waals surface area contributed by atoms with Crippen molar-refractivity contribution in [1.29, 1.82) is 0 Å². The Morgan fingerprint density at radius 3 is 2.62 bits per heavy atom. The molecule has 0 saturated carbocycles. The van der Waals surface area contributed by atoms with E-state index in [1.807, 2.05) is 0 Å². The minimum atomic E-state index is -0.159. The van der Waals surface area contributed by atoms with Gasteiger partial charge in [0.1, 0.15) is 6.10 Å². The van der Waals surface area contributed by atoms with Crippen LogP contribution >= 0.6 is 0 Å². The molecule has 0 fully saturated rings. The molecule has 1 atom stereocenters. The standard InChI is InChI=1S/C11H21N3O2/c1-6-7-12-10-13-9(14-16-10)8(15-5)11(2,3)4/h8H,6-7H2,1-5H3,(H,12,13,14). The van der Waals surface area contributed by atoms with Crippen LogP contribution in [0.3, 0.4) is 0 Å². The summed E-state index contributed by atoms with van der Waals surface area (Å²) in [4.78, 5) is 4.27. The largest absolute Gasteiger partial charge is 0.373 e. The van der Waals surface area contributed by atoms with Gasteiger partial charge in [-0.3, -0.25) is 0 Å². The fourth-order valence-electron chi connectivity index (χ4n) is 1.49. The lowest BCUT2D eigenvalue weighted by molar-refractivity contribution is 0.00718. The second kappa shape index (κ2) is 5.30. The quantitative estimate of drug-likeness (QED) is 0.837. The monoisotopic (exact) mass is 227 g/mol. The van der Waals surface area contributed by atoms with Crippen LogP contribution in [-0.2, 0) is 4.74 Å². The second-order valence-electron chi connectivity index (χ2n) is 4.87. The van der Waals surface area contributed by atoms with Crippen LogP contribution in [0.4, 0.5) is 6.01 Å². The van der Waals surface area contributed by atoms with Gasteiger partial charge in [-0.05, 0) is 11.8 Å². The highest BCUT2D eigenvalue weighted by Crippen LogP contribution is 2.34. The number of hydrogen-bond donors (Lipinski definition) is 1. The van der Waals surface area contributed by atoms with Gasteiger partial charge in [0.2, 0.25) is 5.82 Å². The molecule has 1 heterocycles. The van der Waals surface area contributed by atoms with E-state index in [9.17, 15) is 0 Å². The van der Waals surface area contributed by atoms with E-state index in [-0.39, 0.29) is 11.5 Å². The Kier molecular flexibility index (Phi) is 4.29. The van der Waals surface area contributed by atoms with E-state index < -0.39 is 0 Å². The lowest BCUT2D eigenvalue weighted by atomic mass is 9.88. The first-order valence-corrected chi connectivity index (χ1v) is 5.59. The maximum Gasteiger partial charge on any atom is 0.321 e. The molecule has 1 aromatic heterocycles. The SMILES string of the molecule is CCCNc1nc(C(OC)C(C)(C)C)no1. The molecule has 0 aliphatic rings. The van der Waals surface area contributed by atoms with Gasteiger partial charge >= 0.3 is 6.01 Å². The Balaban J connectivity index is 2.75. The van der Waals surface area contributed by atoms with Gasteiger partial charge in [-0.15, -0.1) is 0 Å². The first kappa shape index (κ1) is 13.0. The topological polar surface area (TPSA) is 60.2 Å². The minimum Gasteiger partial charge on any atom is -0.373 e. The summed E-state index contributed by atoms with van der Waals surface area (Å²) in [6, 6.07) is 0.461. The Bertz CT molecular complexity index is 317. The van der Waals surface area contributed by atoms with Crippen molar-refractivity contribution in [3.63, 3.8) is 0 Å². The lowest BCUT2D eigenvalue weighted by Crippen LogP contribution is -2.21. The van der Waals surface area contributed by atoms with Crippen molar-refractivity contribution >= 4 is 6.01 Å². The van der Waals surface area contributed by atoms with E-state index in [2.05, 4.69) is 43.2 Å². The number of nitrogens with one attached hydrogen (secondary N) is 1. The zero-order valence-corrected chi connectivity index (χ0v) is 10.7. The summed E-state index contributed by atoms with van der Waals surface area (Å²) < 4.78 is 10.5. The van der Waals surface area contributed by atoms with Gasteiger partial charge in [0.05, 0.1) is 0 Å². The Labute approximate surface area is 96.6 Å². The summed E-state index contributed by atoms with van der Waals surface area (Å²) in [5, 5.41) is 6.98. The zero-order valence-electron chi connectivity index (χ0n) is 10.7. The van der Waals surface area contributed by atoms with Crippen molar-refractivity contribution in [1.82, 2.24) is 10.1 Å². The smallest absolute Gasteiger partial charge is 0.321 e. The molecular formula is C11H21N3O2. The zero-order chi connectivity index (χ0) is 12.2. The number of methoxy groups -OCH3 is 1. The number of rotatable bonds is 5. The van der Waals surface area contributed by atoms with Crippen molar-refractivity contribution in [2.24, 2.45) is 5.41 Å². The van der Waals surface area contributed by atoms with Gasteiger partial charge in [-0.25, -0.2) is 0 Å². The second-order valence-corrected chi connectivity index (χ2v) is 4.87. The van der Waals surface area contributed by atoms with Gasteiger partial charge in [-0.2, -0.15) is 4.98 Å². The fraction of sp³-hybridized carbons (Fsp3) is 0.818. The van der Waals surface area contributed by atoms with Crippen LogP contribution in [0, 0.1) is 5.41 Å². The molecule has 0 spiro atoms. The number of aromatic nitrogens is 2. The molecule has 92 valence electrons. The number of hydrogen-bond acceptors (Lipinski definition) is 5. The van der Waals surface area contributed by atoms with Crippen LogP contribution in [0.5, 0.6) is 0 Å². The van der Waals surface area contributed by atoms with E-state index in [0.717, 1.165) is 13.0 Å². The predicted octanol–water partition coefficient (Wildman–Crippen LogP) is 2.63. The molecule has 0 aromatic carbocycles. The fourth-order valence-corrected chi connectivity index (χ4v) is 1.49. The lowest BCUT2D eigenvalue weighted by Gasteiger charge is -2.26. The third-order valence-electron chi connectivity index (χ3n) is 2.22. The molecule has 0 aliphatic carbocycles. The summed E-state index contributed by atoms with van der Waals surface area (Å²) >= 11 is 0. The molecule has 1 aromatic rings. The van der Waals surface area contributed by atoms with E-state index in [4.69, 9.17) is 9.26 Å². The molecule has 1 N–H and O–H groups in total. The van der Waals surface area contributed by atoms with Crippen molar-refractivity contribution in [3.8, 4) is 0 Å². The summed E-state index contributed by atoms with van der Waals surface area (Å²) in [6.45, 7) is 9.15. The molecule has 5 heteroatoms. The average Bonchev–Trinajstić information content (AvgIpc) is 2.62. The van der Waals surface area contributed by atoms with Crippen molar-refractivity contribution in [2.75, 3.05) is 19.0 Å². The molecule has 1 rings (SSSR count). The van der Waals surface area contributed by atoms with Crippen LogP contribution in [0.2, 0.25) is 0 Å². The Morgan fingerprint density at radius 2 is 2.12 bits per heavy atom. The maximum atomic E-state index is 5.41. The first-order valence-electron chi connectivity index (χ1n) is 5.59. The summed E-state index contributed by atoms with van der Waals surface area (Å²) in [5.41, 5.74) is -0.0549. The van der Waals surface area contributed by atoms with Crippen LogP contribution in [0.25, 0.3) is 0 Å². The van der Waals surface area contributed by atoms with E-state index in [1.165, 1.54) is 0 Å². The van der Waals surface area contributed by atoms with E-state index >= 15 is 0 Å². The van der Waals surface area contributed by atoms with Crippen molar-refractivity contribution < 1.29 is 9.26 Å². The van der Waals surface area contributed by atoms with E-state index in [0.29, 0.717) is 11.8 Å². The Morgan fingerprint density at radius 1 is 1.44 bits per heavy atom. The normalized spacial score (nSPS) is 13.8. The summed E-state index contributed by atoms with van der Waals surface area (Å²) in [5.74, 6) is 0.591. The van der Waals surface area contributed by atoms with Gasteiger partial charge in [0, 0.05) is 13.7 Å². The molecule has 1 unspecified atom stereocenters. The average molecular weight is 227 g/mol. The maximum absolute atomic E-state index is 5.41. The van der Waals surface area contributed by atoms with Gasteiger partial charge in [0.25, 0.3) is 0 Å². The minimum absolute atomic E-state index is 0.0549. The van der Waals surface area contributed by atoms with Crippen molar-refractivity contribution in [3.05, 3.63) is 5.82 Å². The molecule has 16 heavy (non-hydrogen) atoms. The molecule has 0 amide bonds. The highest BCUT2D eigenvalue weighted by Gasteiger charge is 2.30. The van der Waals surface area contributed by atoms with Crippen LogP contribution in [-0.4, -0.2) is 23.8 Å². The van der Waals surface area contributed by atoms with Gasteiger partial charge in [-0.1, -0.05) is 32.9 Å². The van der Waals surface area contributed by atoms with Crippen molar-refractivity contribution in [2.45, 2.75) is 40.2 Å². The van der Waals surface area contributed by atoms with Crippen LogP contribution < -0.4 is 5.32 Å². The molecule has 5 nitrogen and oxygen atoms in total. The molecule has 0 saturated heterocycles. The highest BCUT2D eigenvalue weighted by atomic mass is 16.5. The number of nitrogens with zero attached hydrogens (tertiary/aromatic N) is 2. The summed E-state index contributed by atoms with van der Waals surface area (Å²) in [7, 11) is 1.66. The van der Waals surface area contributed by atoms with Crippen LogP contribution in [0.15, 0.2) is 4.52 Å². The number of ether oxygens (including phenoxy) is 1. The number of anilines is 1. The highest BCUT2D eigenvalue weighted by molar-refractivity contribution is 5.18.